The van der Waals surface area contributed by atoms with Gasteiger partial charge in [-0.15, -0.1) is 11.8 Å². The van der Waals surface area contributed by atoms with Crippen molar-refractivity contribution in [2.45, 2.75) is 37.6 Å². The van der Waals surface area contributed by atoms with Gasteiger partial charge in [0.15, 0.2) is 0 Å². The molecule has 1 saturated heterocycles. The van der Waals surface area contributed by atoms with Crippen molar-refractivity contribution in [3.63, 3.8) is 0 Å². The second kappa shape index (κ2) is 9.80. The highest BCUT2D eigenvalue weighted by Gasteiger charge is 2.43. The SMILES string of the molecule is CC(C)(C)c1ccc(C2SCC(C(=O)Nc3ccccc3F)N2C(=O)c2ccccc2Cl)cc1. The molecule has 1 heterocycles. The van der Waals surface area contributed by atoms with Crippen molar-refractivity contribution in [1.29, 1.82) is 0 Å². The van der Waals surface area contributed by atoms with Crippen LogP contribution >= 0.6 is 23.4 Å². The third-order valence-corrected chi connectivity index (χ3v) is 7.49. The third-order valence-electron chi connectivity index (χ3n) is 5.84. The minimum absolute atomic E-state index is 0.00338. The summed E-state index contributed by atoms with van der Waals surface area (Å²) in [6, 6.07) is 20.1. The molecule has 0 aliphatic carbocycles. The van der Waals surface area contributed by atoms with Crippen LogP contribution in [0.3, 0.4) is 0 Å². The van der Waals surface area contributed by atoms with Gasteiger partial charge in [0, 0.05) is 5.75 Å². The molecule has 0 saturated carbocycles. The Kier molecular flexibility index (Phi) is 7.01. The van der Waals surface area contributed by atoms with E-state index in [9.17, 15) is 14.0 Å². The van der Waals surface area contributed by atoms with Gasteiger partial charge in [-0.25, -0.2) is 4.39 Å². The quantitative estimate of drug-likeness (QED) is 0.438. The summed E-state index contributed by atoms with van der Waals surface area (Å²) in [6.45, 7) is 6.42. The first-order valence-corrected chi connectivity index (χ1v) is 12.4. The lowest BCUT2D eigenvalue weighted by Crippen LogP contribution is -2.45. The van der Waals surface area contributed by atoms with Gasteiger partial charge in [-0.05, 0) is 40.8 Å². The largest absolute Gasteiger partial charge is 0.322 e. The molecule has 3 aromatic rings. The minimum Gasteiger partial charge on any atom is -0.322 e. The van der Waals surface area contributed by atoms with Gasteiger partial charge in [0.1, 0.15) is 17.2 Å². The molecule has 0 radical (unpaired) electrons. The number of rotatable bonds is 4. The topological polar surface area (TPSA) is 49.4 Å². The van der Waals surface area contributed by atoms with E-state index in [1.807, 2.05) is 12.1 Å². The van der Waals surface area contributed by atoms with Crippen molar-refractivity contribution in [2.24, 2.45) is 0 Å². The second-order valence-corrected chi connectivity index (χ2v) is 10.8. The predicted octanol–water partition coefficient (Wildman–Crippen LogP) is 6.67. The van der Waals surface area contributed by atoms with E-state index in [-0.39, 0.29) is 22.4 Å². The number of carbonyl (C=O) groups is 2. The summed E-state index contributed by atoms with van der Waals surface area (Å²) in [6.07, 6.45) is 0. The van der Waals surface area contributed by atoms with Crippen LogP contribution < -0.4 is 5.32 Å². The van der Waals surface area contributed by atoms with E-state index in [1.54, 1.807) is 41.3 Å². The summed E-state index contributed by atoms with van der Waals surface area (Å²) >= 11 is 7.84. The molecule has 1 aliphatic rings. The van der Waals surface area contributed by atoms with E-state index in [4.69, 9.17) is 11.6 Å². The number of halogens is 2. The summed E-state index contributed by atoms with van der Waals surface area (Å²) in [5.74, 6) is -0.928. The summed E-state index contributed by atoms with van der Waals surface area (Å²) in [4.78, 5) is 28.5. The van der Waals surface area contributed by atoms with Crippen LogP contribution in [-0.2, 0) is 10.2 Å². The maximum absolute atomic E-state index is 14.2. The van der Waals surface area contributed by atoms with Crippen LogP contribution in [0, 0.1) is 5.82 Å². The normalized spacial score (nSPS) is 18.1. The van der Waals surface area contributed by atoms with Crippen LogP contribution in [0.1, 0.15) is 47.6 Å². The molecule has 0 bridgehead atoms. The molecule has 34 heavy (non-hydrogen) atoms. The van der Waals surface area contributed by atoms with Gasteiger partial charge in [0.2, 0.25) is 5.91 Å². The number of thioether (sulfide) groups is 1. The first kappa shape index (κ1) is 24.3. The molecule has 7 heteroatoms. The molecule has 4 nitrogen and oxygen atoms in total. The fourth-order valence-electron chi connectivity index (χ4n) is 3.91. The minimum atomic E-state index is -0.791. The molecule has 1 aliphatic heterocycles. The van der Waals surface area contributed by atoms with Gasteiger partial charge < -0.3 is 10.2 Å². The number of hydrogen-bond donors (Lipinski definition) is 1. The van der Waals surface area contributed by atoms with Crippen LogP contribution in [0.25, 0.3) is 0 Å². The predicted molar refractivity (Wildman–Crippen MR) is 137 cm³/mol. The Labute approximate surface area is 208 Å². The molecule has 3 aromatic carbocycles. The van der Waals surface area contributed by atoms with Gasteiger partial charge in [-0.2, -0.15) is 0 Å². The van der Waals surface area contributed by atoms with Crippen LogP contribution in [-0.4, -0.2) is 28.5 Å². The fourth-order valence-corrected chi connectivity index (χ4v) is 5.56. The Bertz CT molecular complexity index is 1210. The van der Waals surface area contributed by atoms with Crippen molar-refractivity contribution in [2.75, 3.05) is 11.1 Å². The fraction of sp³-hybridized carbons (Fsp3) is 0.259. The van der Waals surface area contributed by atoms with Crippen molar-refractivity contribution in [1.82, 2.24) is 4.90 Å². The summed E-state index contributed by atoms with van der Waals surface area (Å²) in [5, 5.41) is 2.59. The first-order chi connectivity index (χ1) is 16.2. The van der Waals surface area contributed by atoms with Crippen LogP contribution in [0.2, 0.25) is 5.02 Å². The summed E-state index contributed by atoms with van der Waals surface area (Å²) in [7, 11) is 0. The molecular weight excluding hydrogens is 471 g/mol. The molecule has 2 unspecified atom stereocenters. The lowest BCUT2D eigenvalue weighted by atomic mass is 9.86. The number of benzene rings is 3. The molecule has 1 fully saturated rings. The zero-order valence-electron chi connectivity index (χ0n) is 19.2. The Morgan fingerprint density at radius 2 is 1.65 bits per heavy atom. The maximum atomic E-state index is 14.2. The van der Waals surface area contributed by atoms with Gasteiger partial charge in [-0.3, -0.25) is 9.59 Å². The van der Waals surface area contributed by atoms with E-state index in [2.05, 4.69) is 38.2 Å². The average Bonchev–Trinajstić information content (AvgIpc) is 3.25. The molecular formula is C27H26ClFN2O2S. The number of hydrogen-bond acceptors (Lipinski definition) is 3. The second-order valence-electron chi connectivity index (χ2n) is 9.23. The molecule has 2 atom stereocenters. The average molecular weight is 497 g/mol. The van der Waals surface area contributed by atoms with Crippen LogP contribution in [0.15, 0.2) is 72.8 Å². The van der Waals surface area contributed by atoms with Crippen molar-refractivity contribution >= 4 is 40.9 Å². The number of anilines is 1. The van der Waals surface area contributed by atoms with Gasteiger partial charge in [0.05, 0.1) is 16.3 Å². The Morgan fingerprint density at radius 1 is 1.00 bits per heavy atom. The highest BCUT2D eigenvalue weighted by atomic mass is 35.5. The summed E-state index contributed by atoms with van der Waals surface area (Å²) < 4.78 is 14.2. The first-order valence-electron chi connectivity index (χ1n) is 11.0. The monoisotopic (exact) mass is 496 g/mol. The van der Waals surface area contributed by atoms with E-state index >= 15 is 0 Å². The summed E-state index contributed by atoms with van der Waals surface area (Å²) in [5.41, 5.74) is 2.50. The van der Waals surface area contributed by atoms with Gasteiger partial charge in [0.25, 0.3) is 5.91 Å². The maximum Gasteiger partial charge on any atom is 0.257 e. The Hall–Kier alpha value is -2.83. The molecule has 4 rings (SSSR count). The van der Waals surface area contributed by atoms with Gasteiger partial charge >= 0.3 is 0 Å². The van der Waals surface area contributed by atoms with Crippen LogP contribution in [0.5, 0.6) is 0 Å². The highest BCUT2D eigenvalue weighted by molar-refractivity contribution is 7.99. The van der Waals surface area contributed by atoms with Crippen molar-refractivity contribution in [3.05, 3.63) is 100 Å². The smallest absolute Gasteiger partial charge is 0.257 e. The number of carbonyl (C=O) groups excluding carboxylic acids is 2. The zero-order valence-corrected chi connectivity index (χ0v) is 20.8. The molecule has 0 spiro atoms. The number of para-hydroxylation sites is 1. The third kappa shape index (κ3) is 4.98. The van der Waals surface area contributed by atoms with E-state index in [1.165, 1.54) is 29.5 Å². The number of amides is 2. The lowest BCUT2D eigenvalue weighted by Gasteiger charge is -2.30. The Morgan fingerprint density at radius 3 is 2.29 bits per heavy atom. The number of nitrogens with zero attached hydrogens (tertiary/aromatic N) is 1. The van der Waals surface area contributed by atoms with Crippen molar-refractivity contribution in [3.8, 4) is 0 Å². The van der Waals surface area contributed by atoms with E-state index < -0.39 is 17.8 Å². The molecule has 0 aromatic heterocycles. The van der Waals surface area contributed by atoms with Crippen molar-refractivity contribution < 1.29 is 14.0 Å². The lowest BCUT2D eigenvalue weighted by molar-refractivity contribution is -0.119. The van der Waals surface area contributed by atoms with Crippen LogP contribution in [0.4, 0.5) is 10.1 Å². The van der Waals surface area contributed by atoms with Gasteiger partial charge in [-0.1, -0.05) is 80.9 Å². The standard InChI is InChI=1S/C27H26ClFN2O2S/c1-27(2,3)18-14-12-17(13-15-18)26-31(25(33)19-8-4-5-9-20(19)28)23(16-34-26)24(32)30-22-11-7-6-10-21(22)29/h4-15,23,26H,16H2,1-3H3,(H,30,32). The number of nitrogens with one attached hydrogen (secondary N) is 1. The Balaban J connectivity index is 1.69. The zero-order chi connectivity index (χ0) is 24.5. The molecule has 2 amide bonds. The molecule has 1 N–H and O–H groups in total. The highest BCUT2D eigenvalue weighted by Crippen LogP contribution is 2.43. The van der Waals surface area contributed by atoms with E-state index in [0.29, 0.717) is 16.3 Å². The van der Waals surface area contributed by atoms with E-state index in [0.717, 1.165) is 5.56 Å². The molecule has 176 valence electrons.